The van der Waals surface area contributed by atoms with Gasteiger partial charge in [0, 0.05) is 0 Å². The molecule has 0 saturated carbocycles. The molecule has 0 aliphatic carbocycles. The summed E-state index contributed by atoms with van der Waals surface area (Å²) < 4.78 is 8.75. The Labute approximate surface area is 107 Å². The fraction of sp³-hybridized carbons (Fsp3) is 1.00. The van der Waals surface area contributed by atoms with Gasteiger partial charge in [0.05, 0.1) is 0 Å². The first kappa shape index (κ1) is 14.8. The van der Waals surface area contributed by atoms with E-state index in [1.165, 1.54) is 28.4 Å². The van der Waals surface area contributed by atoms with Crippen LogP contribution < -0.4 is 0 Å². The molecule has 0 bridgehead atoms. The minimum absolute atomic E-state index is 0.747. The fourth-order valence-corrected chi connectivity index (χ4v) is 19.3. The molecule has 0 radical (unpaired) electrons. The van der Waals surface area contributed by atoms with E-state index in [4.69, 9.17) is 0 Å². The van der Waals surface area contributed by atoms with E-state index in [2.05, 4.69) is 47.8 Å². The van der Waals surface area contributed by atoms with Gasteiger partial charge in [-0.2, -0.15) is 0 Å². The normalized spacial score (nSPS) is 23.2. The van der Waals surface area contributed by atoms with Crippen LogP contribution in [0, 0.1) is 0 Å². The van der Waals surface area contributed by atoms with Gasteiger partial charge in [-0.1, -0.05) is 0 Å². The van der Waals surface area contributed by atoms with Crippen molar-refractivity contribution in [2.24, 2.45) is 0 Å². The van der Waals surface area contributed by atoms with Gasteiger partial charge in [-0.3, -0.25) is 0 Å². The average molecular weight is 333 g/mol. The van der Waals surface area contributed by atoms with E-state index in [1.807, 2.05) is 0 Å². The summed E-state index contributed by atoms with van der Waals surface area (Å²) in [5, 5.41) is 0. The summed E-state index contributed by atoms with van der Waals surface area (Å²) in [5.41, 5.74) is 0. The molecule has 2 nitrogen and oxygen atoms in total. The van der Waals surface area contributed by atoms with Gasteiger partial charge in [-0.25, -0.2) is 0 Å². The Bertz CT molecular complexity index is 194. The molecule has 1 aliphatic heterocycles. The molecule has 96 valence electrons. The molecule has 0 amide bonds. The van der Waals surface area contributed by atoms with Crippen molar-refractivity contribution in [1.29, 1.82) is 0 Å². The number of hydrogen-bond acceptors (Lipinski definition) is 2. The van der Waals surface area contributed by atoms with Crippen LogP contribution in [0.5, 0.6) is 0 Å². The van der Waals surface area contributed by atoms with Gasteiger partial charge in [-0.05, 0) is 0 Å². The zero-order chi connectivity index (χ0) is 12.3. The summed E-state index contributed by atoms with van der Waals surface area (Å²) in [6.45, 7) is 17.2. The summed E-state index contributed by atoms with van der Waals surface area (Å²) in [5.74, 6) is 0. The molecule has 3 heteroatoms. The molecule has 1 fully saturated rings. The Morgan fingerprint density at radius 2 is 1.25 bits per heavy atom. The van der Waals surface area contributed by atoms with Crippen molar-refractivity contribution in [2.75, 3.05) is 13.1 Å². The van der Waals surface area contributed by atoms with Crippen molar-refractivity contribution in [3.8, 4) is 0 Å². The van der Waals surface area contributed by atoms with Crippen LogP contribution in [0.25, 0.3) is 0 Å². The molecule has 1 rings (SSSR count). The summed E-state index contributed by atoms with van der Waals surface area (Å²) in [6, 6.07) is 1.49. The van der Waals surface area contributed by atoms with Crippen molar-refractivity contribution in [3.05, 3.63) is 0 Å². The molecular formula is C13H30N2Sn. The molecule has 0 unspecified atom stereocenters. The van der Waals surface area contributed by atoms with Gasteiger partial charge in [0.25, 0.3) is 0 Å². The molecule has 0 spiro atoms. The topological polar surface area (TPSA) is 6.48 Å². The Kier molecular flexibility index (Phi) is 5.59. The molecule has 1 heterocycles. The van der Waals surface area contributed by atoms with Crippen LogP contribution in [0.1, 0.15) is 48.0 Å². The number of hydrogen-bond donors (Lipinski definition) is 0. The van der Waals surface area contributed by atoms with Crippen LogP contribution in [0.15, 0.2) is 0 Å². The van der Waals surface area contributed by atoms with E-state index < -0.39 is 18.9 Å². The maximum atomic E-state index is 2.93. The van der Waals surface area contributed by atoms with Gasteiger partial charge < -0.3 is 0 Å². The Morgan fingerprint density at radius 3 is 1.50 bits per heavy atom. The average Bonchev–Trinajstić information content (AvgIpc) is 2.27. The van der Waals surface area contributed by atoms with E-state index in [-0.39, 0.29) is 0 Å². The zero-order valence-electron chi connectivity index (χ0n) is 12.1. The van der Waals surface area contributed by atoms with Crippen LogP contribution >= 0.6 is 0 Å². The zero-order valence-corrected chi connectivity index (χ0v) is 14.9. The second kappa shape index (κ2) is 6.05. The molecule has 0 atom stereocenters. The Morgan fingerprint density at radius 1 is 0.875 bits per heavy atom. The first-order chi connectivity index (χ1) is 7.49. The summed E-state index contributed by atoms with van der Waals surface area (Å²) in [6.07, 6.45) is 1.37. The van der Waals surface area contributed by atoms with E-state index >= 15 is 0 Å². The number of nitrogens with zero attached hydrogens (tertiary/aromatic N) is 2. The molecule has 0 aromatic carbocycles. The maximum absolute atomic E-state index is 2.93. The second-order valence-corrected chi connectivity index (χ2v) is 18.5. The predicted octanol–water partition coefficient (Wildman–Crippen LogP) is 3.29. The molecular weight excluding hydrogens is 303 g/mol. The Hall–Kier alpha value is 0.719. The molecule has 0 aromatic rings. The van der Waals surface area contributed by atoms with Crippen molar-refractivity contribution >= 4 is 18.9 Å². The SMILES string of the molecule is C[CH2][Sn]1([CH2]C)[N](C(C)C)CCC[N]1C(C)C. The third-order valence-electron chi connectivity index (χ3n) is 4.25. The van der Waals surface area contributed by atoms with Crippen LogP contribution in [-0.2, 0) is 0 Å². The predicted molar refractivity (Wildman–Crippen MR) is 75.0 cm³/mol. The minimum atomic E-state index is -2.20. The summed E-state index contributed by atoms with van der Waals surface area (Å²) in [4.78, 5) is 0. The molecule has 0 N–H and O–H groups in total. The first-order valence-electron chi connectivity index (χ1n) is 7.03. The van der Waals surface area contributed by atoms with E-state index in [0.29, 0.717) is 0 Å². The van der Waals surface area contributed by atoms with Gasteiger partial charge in [0.1, 0.15) is 0 Å². The summed E-state index contributed by atoms with van der Waals surface area (Å²) >= 11 is -2.20. The van der Waals surface area contributed by atoms with Crippen LogP contribution in [0.3, 0.4) is 0 Å². The fourth-order valence-electron chi connectivity index (χ4n) is 3.53. The van der Waals surface area contributed by atoms with E-state index in [0.717, 1.165) is 12.1 Å². The molecule has 16 heavy (non-hydrogen) atoms. The van der Waals surface area contributed by atoms with Gasteiger partial charge in [-0.15, -0.1) is 0 Å². The van der Waals surface area contributed by atoms with Crippen LogP contribution in [-0.4, -0.2) is 50.3 Å². The Balaban J connectivity index is 3.02. The molecule has 1 saturated heterocycles. The third kappa shape index (κ3) is 2.59. The van der Waals surface area contributed by atoms with Crippen LogP contribution in [0.4, 0.5) is 0 Å². The molecule has 0 aromatic heterocycles. The summed E-state index contributed by atoms with van der Waals surface area (Å²) in [7, 11) is 0. The quantitative estimate of drug-likeness (QED) is 0.729. The van der Waals surface area contributed by atoms with Gasteiger partial charge in [0.2, 0.25) is 0 Å². The first-order valence-corrected chi connectivity index (χ1v) is 13.6. The second-order valence-electron chi connectivity index (χ2n) is 5.62. The van der Waals surface area contributed by atoms with Gasteiger partial charge >= 0.3 is 107 Å². The monoisotopic (exact) mass is 334 g/mol. The van der Waals surface area contributed by atoms with Crippen molar-refractivity contribution in [3.63, 3.8) is 0 Å². The third-order valence-corrected chi connectivity index (χ3v) is 21.0. The number of rotatable bonds is 4. The van der Waals surface area contributed by atoms with Crippen molar-refractivity contribution < 1.29 is 0 Å². The van der Waals surface area contributed by atoms with E-state index in [1.54, 1.807) is 0 Å². The van der Waals surface area contributed by atoms with Crippen molar-refractivity contribution in [1.82, 2.24) is 6.24 Å². The van der Waals surface area contributed by atoms with Crippen molar-refractivity contribution in [2.45, 2.75) is 68.9 Å². The van der Waals surface area contributed by atoms with Crippen LogP contribution in [0.2, 0.25) is 8.87 Å². The molecule has 1 aliphatic rings. The standard InChI is InChI=1S/C9H20N2.2C2H5.Sn/c1-8(2)10-6-5-7-11-9(3)4;2*1-2;/h8-9H,5-7H2,1-4H3;2*1H2,2H3;/q-2;;;+2. The van der Waals surface area contributed by atoms with E-state index in [9.17, 15) is 0 Å². The van der Waals surface area contributed by atoms with Gasteiger partial charge in [0.15, 0.2) is 0 Å².